The van der Waals surface area contributed by atoms with Crippen LogP contribution in [0.4, 0.5) is 5.00 Å². The first-order valence-electron chi connectivity index (χ1n) is 8.19. The largest absolute Gasteiger partial charge is 0.316 e. The smallest absolute Gasteiger partial charge is 0.229 e. The number of hydrogen-bond donors (Lipinski definition) is 1. The van der Waals surface area contributed by atoms with Gasteiger partial charge in [-0.25, -0.2) is 0 Å². The van der Waals surface area contributed by atoms with E-state index in [4.69, 9.17) is 11.6 Å². The minimum absolute atomic E-state index is 0.0977. The van der Waals surface area contributed by atoms with E-state index < -0.39 is 0 Å². The van der Waals surface area contributed by atoms with Crippen molar-refractivity contribution in [1.29, 1.82) is 5.26 Å². The summed E-state index contributed by atoms with van der Waals surface area (Å²) in [4.78, 5) is 13.6. The lowest BCUT2D eigenvalue weighted by Gasteiger charge is -2.20. The summed E-state index contributed by atoms with van der Waals surface area (Å²) in [6.07, 6.45) is 4.55. The van der Waals surface area contributed by atoms with Crippen molar-refractivity contribution in [2.45, 2.75) is 39.0 Å². The maximum Gasteiger partial charge on any atom is 0.229 e. The zero-order chi connectivity index (χ0) is 17.1. The first kappa shape index (κ1) is 17.0. The van der Waals surface area contributed by atoms with E-state index in [0.29, 0.717) is 21.5 Å². The van der Waals surface area contributed by atoms with Gasteiger partial charge in [-0.1, -0.05) is 37.1 Å². The Kier molecular flexibility index (Phi) is 5.23. The lowest BCUT2D eigenvalue weighted by Crippen LogP contribution is -2.14. The van der Waals surface area contributed by atoms with Gasteiger partial charge in [-0.05, 0) is 48.4 Å². The van der Waals surface area contributed by atoms with Crippen molar-refractivity contribution in [3.63, 3.8) is 0 Å². The zero-order valence-electron chi connectivity index (χ0n) is 13.6. The molecule has 1 atom stereocenters. The first-order valence-corrected chi connectivity index (χ1v) is 9.39. The molecule has 3 rings (SSSR count). The van der Waals surface area contributed by atoms with Gasteiger partial charge in [0.25, 0.3) is 0 Å². The Balaban J connectivity index is 1.75. The molecule has 124 valence electrons. The van der Waals surface area contributed by atoms with Crippen molar-refractivity contribution in [3.8, 4) is 6.07 Å². The fourth-order valence-electron chi connectivity index (χ4n) is 3.17. The summed E-state index contributed by atoms with van der Waals surface area (Å²) in [5.41, 5.74) is 2.71. The van der Waals surface area contributed by atoms with E-state index in [1.54, 1.807) is 23.5 Å². The first-order chi connectivity index (χ1) is 11.6. The summed E-state index contributed by atoms with van der Waals surface area (Å²) in [7, 11) is 0. The summed E-state index contributed by atoms with van der Waals surface area (Å²) < 4.78 is 0. The molecule has 1 aliphatic rings. The van der Waals surface area contributed by atoms with Crippen LogP contribution in [0, 0.1) is 17.2 Å². The van der Waals surface area contributed by atoms with Crippen LogP contribution >= 0.6 is 22.9 Å². The SMILES string of the molecule is CC[C@H]1CCc2c(sc(NC(=O)Cc3ccc(Cl)cc3)c2C#N)C1. The Morgan fingerprint density at radius 2 is 2.17 bits per heavy atom. The van der Waals surface area contributed by atoms with Crippen LogP contribution in [0.25, 0.3) is 0 Å². The second kappa shape index (κ2) is 7.38. The number of halogens is 1. The summed E-state index contributed by atoms with van der Waals surface area (Å²) in [6.45, 7) is 2.21. The van der Waals surface area contributed by atoms with Gasteiger partial charge in [0.1, 0.15) is 11.1 Å². The fraction of sp³-hybridized carbons (Fsp3) is 0.368. The molecular formula is C19H19ClN2OS. The highest BCUT2D eigenvalue weighted by Gasteiger charge is 2.25. The highest BCUT2D eigenvalue weighted by Crippen LogP contribution is 2.40. The standard InChI is InChI=1S/C19H19ClN2OS/c1-2-12-5-8-15-16(11-21)19(24-17(15)9-12)22-18(23)10-13-3-6-14(20)7-4-13/h3-4,6-7,12H,2,5,8-10H2,1H3,(H,22,23)/t12-/m0/s1. The summed E-state index contributed by atoms with van der Waals surface area (Å²) >= 11 is 7.44. The van der Waals surface area contributed by atoms with E-state index >= 15 is 0 Å². The van der Waals surface area contributed by atoms with Gasteiger partial charge in [-0.3, -0.25) is 4.79 Å². The van der Waals surface area contributed by atoms with Gasteiger partial charge in [0.2, 0.25) is 5.91 Å². The molecule has 24 heavy (non-hydrogen) atoms. The minimum Gasteiger partial charge on any atom is -0.316 e. The van der Waals surface area contributed by atoms with Gasteiger partial charge >= 0.3 is 0 Å². The molecule has 1 aromatic carbocycles. The Morgan fingerprint density at radius 1 is 1.42 bits per heavy atom. The molecule has 1 N–H and O–H groups in total. The van der Waals surface area contributed by atoms with E-state index in [0.717, 1.165) is 36.8 Å². The lowest BCUT2D eigenvalue weighted by atomic mass is 9.86. The van der Waals surface area contributed by atoms with Crippen LogP contribution in [0.3, 0.4) is 0 Å². The van der Waals surface area contributed by atoms with Gasteiger partial charge in [0.05, 0.1) is 12.0 Å². The molecule has 0 fully saturated rings. The van der Waals surface area contributed by atoms with E-state index in [1.807, 2.05) is 12.1 Å². The van der Waals surface area contributed by atoms with Gasteiger partial charge in [0, 0.05) is 9.90 Å². The predicted molar refractivity (Wildman–Crippen MR) is 98.6 cm³/mol. The molecular weight excluding hydrogens is 340 g/mol. The van der Waals surface area contributed by atoms with Crippen molar-refractivity contribution in [1.82, 2.24) is 0 Å². The fourth-order valence-corrected chi connectivity index (χ4v) is 4.62. The van der Waals surface area contributed by atoms with Crippen molar-refractivity contribution < 1.29 is 4.79 Å². The molecule has 1 aliphatic carbocycles. The molecule has 0 bridgehead atoms. The maximum absolute atomic E-state index is 12.3. The Labute approximate surface area is 151 Å². The summed E-state index contributed by atoms with van der Waals surface area (Å²) in [6, 6.07) is 9.54. The van der Waals surface area contributed by atoms with Gasteiger partial charge in [-0.15, -0.1) is 11.3 Å². The van der Waals surface area contributed by atoms with Crippen molar-refractivity contribution >= 4 is 33.8 Å². The molecule has 0 spiro atoms. The number of anilines is 1. The number of carbonyl (C=O) groups excluding carboxylic acids is 1. The third kappa shape index (κ3) is 3.63. The van der Waals surface area contributed by atoms with Gasteiger partial charge in [0.15, 0.2) is 0 Å². The van der Waals surface area contributed by atoms with Crippen LogP contribution in [0.1, 0.15) is 41.3 Å². The Morgan fingerprint density at radius 3 is 2.83 bits per heavy atom. The quantitative estimate of drug-likeness (QED) is 0.838. The molecule has 0 unspecified atom stereocenters. The lowest BCUT2D eigenvalue weighted by molar-refractivity contribution is -0.115. The highest BCUT2D eigenvalue weighted by atomic mass is 35.5. The molecule has 0 saturated heterocycles. The molecule has 0 radical (unpaired) electrons. The summed E-state index contributed by atoms with van der Waals surface area (Å²) in [5.74, 6) is 0.597. The van der Waals surface area contributed by atoms with Crippen LogP contribution in [0.15, 0.2) is 24.3 Å². The molecule has 0 saturated carbocycles. The zero-order valence-corrected chi connectivity index (χ0v) is 15.1. The van der Waals surface area contributed by atoms with Crippen LogP contribution < -0.4 is 5.32 Å². The number of nitriles is 1. The van der Waals surface area contributed by atoms with Crippen molar-refractivity contribution in [2.75, 3.05) is 5.32 Å². The molecule has 3 nitrogen and oxygen atoms in total. The van der Waals surface area contributed by atoms with Crippen molar-refractivity contribution in [3.05, 3.63) is 50.9 Å². The van der Waals surface area contributed by atoms with E-state index in [9.17, 15) is 10.1 Å². The van der Waals surface area contributed by atoms with Gasteiger partial charge in [-0.2, -0.15) is 5.26 Å². The topological polar surface area (TPSA) is 52.9 Å². The van der Waals surface area contributed by atoms with Crippen LogP contribution in [0.5, 0.6) is 0 Å². The van der Waals surface area contributed by atoms with Crippen molar-refractivity contribution in [2.24, 2.45) is 5.92 Å². The Hall–Kier alpha value is -1.83. The predicted octanol–water partition coefficient (Wildman–Crippen LogP) is 4.97. The second-order valence-electron chi connectivity index (χ2n) is 6.19. The second-order valence-corrected chi connectivity index (χ2v) is 7.73. The number of nitrogens with one attached hydrogen (secondary N) is 1. The van der Waals surface area contributed by atoms with Crippen LogP contribution in [-0.4, -0.2) is 5.91 Å². The number of benzene rings is 1. The summed E-state index contributed by atoms with van der Waals surface area (Å²) in [5, 5.41) is 13.8. The maximum atomic E-state index is 12.3. The van der Waals surface area contributed by atoms with E-state index in [1.165, 1.54) is 4.88 Å². The number of amides is 1. The molecule has 0 aliphatic heterocycles. The number of thiophene rings is 1. The van der Waals surface area contributed by atoms with E-state index in [-0.39, 0.29) is 12.3 Å². The highest BCUT2D eigenvalue weighted by molar-refractivity contribution is 7.16. The average molecular weight is 359 g/mol. The van der Waals surface area contributed by atoms with Gasteiger partial charge < -0.3 is 5.32 Å². The molecule has 5 heteroatoms. The third-order valence-electron chi connectivity index (χ3n) is 4.59. The number of hydrogen-bond acceptors (Lipinski definition) is 3. The van der Waals surface area contributed by atoms with Crippen LogP contribution in [-0.2, 0) is 24.1 Å². The molecule has 1 amide bonds. The number of fused-ring (bicyclic) bond motifs is 1. The molecule has 2 aromatic rings. The van der Waals surface area contributed by atoms with Crippen LogP contribution in [0.2, 0.25) is 5.02 Å². The van der Waals surface area contributed by atoms with E-state index in [2.05, 4.69) is 18.3 Å². The minimum atomic E-state index is -0.0977. The normalized spacial score (nSPS) is 16.3. The average Bonchev–Trinajstić information content (AvgIpc) is 2.92. The monoisotopic (exact) mass is 358 g/mol. The number of rotatable bonds is 4. The molecule has 1 heterocycles. The number of carbonyl (C=O) groups is 1. The third-order valence-corrected chi connectivity index (χ3v) is 6.01. The molecule has 1 aromatic heterocycles. The number of nitrogens with zero attached hydrogens (tertiary/aromatic N) is 1. The Bertz CT molecular complexity index is 789.